The van der Waals surface area contributed by atoms with Crippen LogP contribution in [0, 0.1) is 10.1 Å². The van der Waals surface area contributed by atoms with E-state index >= 15 is 0 Å². The highest BCUT2D eigenvalue weighted by atomic mass is 35.5. The lowest BCUT2D eigenvalue weighted by molar-refractivity contribution is -0.384. The number of hydrogen-bond acceptors (Lipinski definition) is 4. The zero-order valence-electron chi connectivity index (χ0n) is 13.8. The first-order valence-electron chi connectivity index (χ1n) is 7.67. The molecule has 0 radical (unpaired) electrons. The first-order chi connectivity index (χ1) is 11.9. The molecule has 0 aliphatic rings. The van der Waals surface area contributed by atoms with Gasteiger partial charge >= 0.3 is 0 Å². The molecule has 0 saturated heterocycles. The van der Waals surface area contributed by atoms with Gasteiger partial charge in [0.15, 0.2) is 0 Å². The fourth-order valence-corrected chi connectivity index (χ4v) is 2.83. The van der Waals surface area contributed by atoms with Crippen molar-refractivity contribution in [2.45, 2.75) is 13.8 Å². The maximum absolute atomic E-state index is 12.4. The minimum atomic E-state index is -0.484. The van der Waals surface area contributed by atoms with Crippen molar-refractivity contribution in [1.82, 2.24) is 0 Å². The van der Waals surface area contributed by atoms with Gasteiger partial charge in [0.25, 0.3) is 11.6 Å². The lowest BCUT2D eigenvalue weighted by Gasteiger charge is -2.22. The van der Waals surface area contributed by atoms with E-state index in [1.54, 1.807) is 18.2 Å². The molecule has 0 atom stereocenters. The summed E-state index contributed by atoms with van der Waals surface area (Å²) in [6.07, 6.45) is 0. The summed E-state index contributed by atoms with van der Waals surface area (Å²) >= 11 is 12.0. The predicted octanol–water partition coefficient (Wildman–Crippen LogP) is 5.00. The fourth-order valence-electron chi connectivity index (χ4n) is 2.44. The normalized spacial score (nSPS) is 10.4. The van der Waals surface area contributed by atoms with E-state index < -0.39 is 10.8 Å². The summed E-state index contributed by atoms with van der Waals surface area (Å²) in [6, 6.07) is 9.25. The van der Waals surface area contributed by atoms with Crippen molar-refractivity contribution in [3.63, 3.8) is 0 Å². The number of halogens is 2. The Morgan fingerprint density at radius 2 is 1.88 bits per heavy atom. The molecular formula is C17H17Cl2N3O3. The number of benzene rings is 2. The molecule has 0 aliphatic carbocycles. The molecule has 0 fully saturated rings. The van der Waals surface area contributed by atoms with E-state index in [0.717, 1.165) is 0 Å². The largest absolute Gasteiger partial charge is 0.366 e. The van der Waals surface area contributed by atoms with E-state index in [0.29, 0.717) is 35.1 Å². The molecular weight excluding hydrogens is 365 g/mol. The number of nitro benzene ring substituents is 1. The van der Waals surface area contributed by atoms with Crippen LogP contribution in [0.25, 0.3) is 0 Å². The Labute approximate surface area is 155 Å². The monoisotopic (exact) mass is 381 g/mol. The topological polar surface area (TPSA) is 75.5 Å². The molecule has 6 nitrogen and oxygen atoms in total. The van der Waals surface area contributed by atoms with Crippen molar-refractivity contribution < 1.29 is 9.72 Å². The minimum absolute atomic E-state index is 0.0954. The summed E-state index contributed by atoms with van der Waals surface area (Å²) in [6.45, 7) is 4.96. The van der Waals surface area contributed by atoms with Gasteiger partial charge in [0.1, 0.15) is 5.69 Å². The number of carbonyl (C=O) groups is 1. The fraction of sp³-hybridized carbons (Fsp3) is 0.235. The van der Waals surface area contributed by atoms with E-state index in [2.05, 4.69) is 5.32 Å². The van der Waals surface area contributed by atoms with Crippen molar-refractivity contribution in [2.75, 3.05) is 23.3 Å². The van der Waals surface area contributed by atoms with Gasteiger partial charge in [-0.15, -0.1) is 0 Å². The molecule has 0 heterocycles. The van der Waals surface area contributed by atoms with Crippen molar-refractivity contribution in [3.8, 4) is 0 Å². The molecule has 0 spiro atoms. The van der Waals surface area contributed by atoms with Crippen LogP contribution in [0.3, 0.4) is 0 Å². The third kappa shape index (κ3) is 4.41. The second-order valence-electron chi connectivity index (χ2n) is 5.21. The Bertz CT molecular complexity index is 808. The van der Waals surface area contributed by atoms with Crippen molar-refractivity contribution in [1.29, 1.82) is 0 Å². The quantitative estimate of drug-likeness (QED) is 0.564. The minimum Gasteiger partial charge on any atom is -0.366 e. The Morgan fingerprint density at radius 3 is 2.44 bits per heavy atom. The molecule has 25 heavy (non-hydrogen) atoms. The van der Waals surface area contributed by atoms with Crippen LogP contribution in [-0.2, 0) is 0 Å². The van der Waals surface area contributed by atoms with Gasteiger partial charge in [0.2, 0.25) is 0 Å². The molecule has 1 N–H and O–H groups in total. The lowest BCUT2D eigenvalue weighted by atomic mass is 10.2. The van der Waals surface area contributed by atoms with E-state index in [1.165, 1.54) is 18.2 Å². The number of hydrogen-bond donors (Lipinski definition) is 1. The maximum Gasteiger partial charge on any atom is 0.294 e. The first kappa shape index (κ1) is 19.0. The molecule has 8 heteroatoms. The number of nitro groups is 1. The summed E-state index contributed by atoms with van der Waals surface area (Å²) in [4.78, 5) is 25.0. The van der Waals surface area contributed by atoms with Gasteiger partial charge in [0.05, 0.1) is 15.6 Å². The highest BCUT2D eigenvalue weighted by Gasteiger charge is 2.22. The lowest BCUT2D eigenvalue weighted by Crippen LogP contribution is -2.23. The average Bonchev–Trinajstić information content (AvgIpc) is 2.58. The van der Waals surface area contributed by atoms with Gasteiger partial charge in [-0.1, -0.05) is 29.3 Å². The third-order valence-corrected chi connectivity index (χ3v) is 4.25. The van der Waals surface area contributed by atoms with Crippen LogP contribution in [0.15, 0.2) is 36.4 Å². The second kappa shape index (κ2) is 8.18. The van der Waals surface area contributed by atoms with Gasteiger partial charge < -0.3 is 10.2 Å². The second-order valence-corrected chi connectivity index (χ2v) is 6.06. The summed E-state index contributed by atoms with van der Waals surface area (Å²) in [7, 11) is 0. The average molecular weight is 382 g/mol. The summed E-state index contributed by atoms with van der Waals surface area (Å²) in [5.41, 5.74) is 0.973. The number of nitrogens with zero attached hydrogens (tertiary/aromatic N) is 2. The first-order valence-corrected chi connectivity index (χ1v) is 8.42. The maximum atomic E-state index is 12.4. The highest BCUT2D eigenvalue weighted by molar-refractivity contribution is 6.34. The molecule has 0 aromatic heterocycles. The molecule has 0 bridgehead atoms. The molecule has 2 aromatic carbocycles. The molecule has 2 rings (SSSR count). The van der Waals surface area contributed by atoms with Crippen molar-refractivity contribution in [3.05, 3.63) is 62.1 Å². The summed E-state index contributed by atoms with van der Waals surface area (Å²) in [5.74, 6) is -0.399. The molecule has 0 aliphatic heterocycles. The molecule has 1 amide bonds. The van der Waals surface area contributed by atoms with E-state index in [9.17, 15) is 14.9 Å². The molecule has 0 unspecified atom stereocenters. The Morgan fingerprint density at radius 1 is 1.20 bits per heavy atom. The van der Waals surface area contributed by atoms with Crippen LogP contribution < -0.4 is 10.2 Å². The van der Waals surface area contributed by atoms with Gasteiger partial charge in [-0.05, 0) is 38.1 Å². The van der Waals surface area contributed by atoms with Crippen LogP contribution in [0.1, 0.15) is 24.2 Å². The number of carbonyl (C=O) groups excluding carboxylic acids is 1. The Hall–Kier alpha value is -2.31. The standard InChI is InChI=1S/C17H17Cl2N3O3/c1-3-21(4-2)15-10-14(13(19)9-16(15)22(24)25)20-17(23)11-6-5-7-12(18)8-11/h5-10H,3-4H2,1-2H3,(H,20,23). The molecule has 0 saturated carbocycles. The van der Waals surface area contributed by atoms with Crippen LogP contribution in [0.4, 0.5) is 17.1 Å². The zero-order chi connectivity index (χ0) is 18.6. The molecule has 2 aromatic rings. The zero-order valence-corrected chi connectivity index (χ0v) is 15.3. The van der Waals surface area contributed by atoms with Gasteiger partial charge in [-0.25, -0.2) is 0 Å². The van der Waals surface area contributed by atoms with Gasteiger partial charge in [-0.2, -0.15) is 0 Å². The Kier molecular flexibility index (Phi) is 6.22. The van der Waals surface area contributed by atoms with Crippen molar-refractivity contribution in [2.24, 2.45) is 0 Å². The van der Waals surface area contributed by atoms with E-state index in [-0.39, 0.29) is 10.7 Å². The smallest absolute Gasteiger partial charge is 0.294 e. The predicted molar refractivity (Wildman–Crippen MR) is 101 cm³/mol. The number of amides is 1. The molecule has 132 valence electrons. The van der Waals surface area contributed by atoms with E-state index in [4.69, 9.17) is 23.2 Å². The summed E-state index contributed by atoms with van der Waals surface area (Å²) in [5, 5.41) is 14.5. The third-order valence-electron chi connectivity index (χ3n) is 3.70. The van der Waals surface area contributed by atoms with Crippen LogP contribution in [0.5, 0.6) is 0 Å². The SMILES string of the molecule is CCN(CC)c1cc(NC(=O)c2cccc(Cl)c2)c(Cl)cc1[N+](=O)[O-]. The number of nitrogens with one attached hydrogen (secondary N) is 1. The Balaban J connectivity index is 2.42. The summed E-state index contributed by atoms with van der Waals surface area (Å²) < 4.78 is 0. The van der Waals surface area contributed by atoms with Crippen LogP contribution >= 0.6 is 23.2 Å². The highest BCUT2D eigenvalue weighted by Crippen LogP contribution is 2.36. The van der Waals surface area contributed by atoms with Gasteiger partial charge in [-0.3, -0.25) is 14.9 Å². The van der Waals surface area contributed by atoms with Gasteiger partial charge in [0, 0.05) is 29.7 Å². The van der Waals surface area contributed by atoms with Crippen LogP contribution in [0.2, 0.25) is 10.0 Å². The van der Waals surface area contributed by atoms with Crippen LogP contribution in [-0.4, -0.2) is 23.9 Å². The van der Waals surface area contributed by atoms with E-state index in [1.807, 2.05) is 18.7 Å². The van der Waals surface area contributed by atoms with Crippen molar-refractivity contribution >= 4 is 46.2 Å². The number of anilines is 2. The number of rotatable bonds is 6.